The fourth-order valence-corrected chi connectivity index (χ4v) is 4.06. The zero-order valence-corrected chi connectivity index (χ0v) is 16.3. The fourth-order valence-electron chi connectivity index (χ4n) is 3.87. The Bertz CT molecular complexity index is 1090. The number of carbonyl (C=O) groups is 1. The summed E-state index contributed by atoms with van der Waals surface area (Å²) in [5.41, 5.74) is 7.28. The number of nitrogens with two attached hydrogens (primary N) is 1. The van der Waals surface area contributed by atoms with Crippen LogP contribution in [-0.4, -0.2) is 5.78 Å². The predicted octanol–water partition coefficient (Wildman–Crippen LogP) is 5.05. The summed E-state index contributed by atoms with van der Waals surface area (Å²) in [4.78, 5) is 12.9. The molecule has 0 amide bonds. The van der Waals surface area contributed by atoms with E-state index in [1.165, 1.54) is 0 Å². The number of nitrogens with zero attached hydrogens (tertiary/aromatic N) is 1. The molecule has 1 atom stereocenters. The van der Waals surface area contributed by atoms with Gasteiger partial charge in [0, 0.05) is 29.0 Å². The molecule has 2 heterocycles. The molecule has 1 aliphatic heterocycles. The predicted molar refractivity (Wildman–Crippen MR) is 105 cm³/mol. The van der Waals surface area contributed by atoms with Gasteiger partial charge in [-0.2, -0.15) is 5.26 Å². The Hall–Kier alpha value is -2.97. The van der Waals surface area contributed by atoms with Gasteiger partial charge in [-0.3, -0.25) is 4.79 Å². The van der Waals surface area contributed by atoms with Crippen molar-refractivity contribution in [3.63, 3.8) is 0 Å². The van der Waals surface area contributed by atoms with Gasteiger partial charge in [0.2, 0.25) is 5.88 Å². The zero-order valence-electron chi connectivity index (χ0n) is 15.6. The summed E-state index contributed by atoms with van der Waals surface area (Å²) >= 11 is 6.07. The molecule has 2 aromatic rings. The molecular formula is C22H19ClN2O3. The van der Waals surface area contributed by atoms with Gasteiger partial charge in [0.15, 0.2) is 5.78 Å². The van der Waals surface area contributed by atoms with Crippen LogP contribution in [-0.2, 0) is 9.53 Å². The molecule has 142 valence electrons. The van der Waals surface area contributed by atoms with E-state index < -0.39 is 5.92 Å². The van der Waals surface area contributed by atoms with Crippen LogP contribution in [0.1, 0.15) is 38.4 Å². The maximum atomic E-state index is 12.9. The molecule has 6 heteroatoms. The number of hydrogen-bond donors (Lipinski definition) is 1. The third-order valence-electron chi connectivity index (χ3n) is 5.10. The number of hydrogen-bond acceptors (Lipinski definition) is 5. The molecule has 0 radical (unpaired) electrons. The van der Waals surface area contributed by atoms with E-state index in [4.69, 9.17) is 26.5 Å². The lowest BCUT2D eigenvalue weighted by molar-refractivity contribution is -0.119. The molecule has 28 heavy (non-hydrogen) atoms. The Morgan fingerprint density at radius 1 is 1.25 bits per heavy atom. The smallest absolute Gasteiger partial charge is 0.205 e. The van der Waals surface area contributed by atoms with E-state index in [9.17, 15) is 10.1 Å². The second-order valence-electron chi connectivity index (χ2n) is 7.91. The van der Waals surface area contributed by atoms with E-state index in [1.807, 2.05) is 26.0 Å². The molecule has 0 bridgehead atoms. The van der Waals surface area contributed by atoms with E-state index in [-0.39, 0.29) is 22.7 Å². The van der Waals surface area contributed by atoms with Gasteiger partial charge >= 0.3 is 0 Å². The van der Waals surface area contributed by atoms with Crippen molar-refractivity contribution < 1.29 is 13.9 Å². The van der Waals surface area contributed by atoms with E-state index in [0.717, 1.165) is 5.56 Å². The summed E-state index contributed by atoms with van der Waals surface area (Å²) in [6.45, 7) is 4.02. The minimum Gasteiger partial charge on any atom is -0.460 e. The van der Waals surface area contributed by atoms with Gasteiger partial charge in [-0.05, 0) is 29.7 Å². The summed E-state index contributed by atoms with van der Waals surface area (Å²) in [5.74, 6) is 0.937. The van der Waals surface area contributed by atoms with Gasteiger partial charge in [0.05, 0.1) is 5.92 Å². The first-order chi connectivity index (χ1) is 13.3. The SMILES string of the molecule is CC1(C)CC(=O)C2=C(C1)OC(N)=C(C#N)[C@H]2c1ccc(-c2cccc(Cl)c2)o1. The van der Waals surface area contributed by atoms with Crippen molar-refractivity contribution in [3.05, 3.63) is 70.0 Å². The van der Waals surface area contributed by atoms with Gasteiger partial charge in [0.1, 0.15) is 28.9 Å². The number of ether oxygens (including phenoxy) is 1. The molecule has 0 saturated heterocycles. The maximum absolute atomic E-state index is 12.9. The Labute approximate surface area is 168 Å². The summed E-state index contributed by atoms with van der Waals surface area (Å²) in [6.07, 6.45) is 0.956. The normalized spacial score (nSPS) is 21.2. The number of ketones is 1. The van der Waals surface area contributed by atoms with E-state index >= 15 is 0 Å². The largest absolute Gasteiger partial charge is 0.460 e. The van der Waals surface area contributed by atoms with Crippen LogP contribution in [0.4, 0.5) is 0 Å². The van der Waals surface area contributed by atoms with Crippen molar-refractivity contribution in [2.24, 2.45) is 11.1 Å². The van der Waals surface area contributed by atoms with Crippen LogP contribution in [0.5, 0.6) is 0 Å². The van der Waals surface area contributed by atoms with Gasteiger partial charge in [-0.1, -0.05) is 37.6 Å². The molecule has 1 aliphatic carbocycles. The van der Waals surface area contributed by atoms with Crippen molar-refractivity contribution in [1.82, 2.24) is 0 Å². The summed E-state index contributed by atoms with van der Waals surface area (Å²) < 4.78 is 11.7. The van der Waals surface area contributed by atoms with Crippen LogP contribution in [0.25, 0.3) is 11.3 Å². The number of allylic oxidation sites excluding steroid dienone is 3. The first kappa shape index (κ1) is 18.4. The Morgan fingerprint density at radius 2 is 2.04 bits per heavy atom. The van der Waals surface area contributed by atoms with E-state index in [0.29, 0.717) is 40.7 Å². The topological polar surface area (TPSA) is 89.2 Å². The van der Waals surface area contributed by atoms with Crippen LogP contribution >= 0.6 is 11.6 Å². The standard InChI is InChI=1S/C22H19ClN2O3/c1-22(2)9-15(26)20-18(10-22)28-21(25)14(11-24)19(20)17-7-6-16(27-17)12-4-3-5-13(23)8-12/h3-8,19H,9-10,25H2,1-2H3/t19-/m0/s1. The van der Waals surface area contributed by atoms with Crippen LogP contribution in [0, 0.1) is 16.7 Å². The Balaban J connectivity index is 1.82. The van der Waals surface area contributed by atoms with Gasteiger partial charge in [0.25, 0.3) is 0 Å². The number of nitriles is 1. The number of furan rings is 1. The van der Waals surface area contributed by atoms with Crippen molar-refractivity contribution >= 4 is 17.4 Å². The van der Waals surface area contributed by atoms with Crippen molar-refractivity contribution in [2.45, 2.75) is 32.6 Å². The molecule has 0 fully saturated rings. The number of rotatable bonds is 2. The summed E-state index contributed by atoms with van der Waals surface area (Å²) in [5, 5.41) is 10.3. The van der Waals surface area contributed by atoms with Crippen molar-refractivity contribution in [3.8, 4) is 17.4 Å². The molecule has 4 rings (SSSR count). The van der Waals surface area contributed by atoms with Crippen molar-refractivity contribution in [2.75, 3.05) is 0 Å². The molecular weight excluding hydrogens is 376 g/mol. The monoisotopic (exact) mass is 394 g/mol. The molecule has 2 N–H and O–H groups in total. The highest BCUT2D eigenvalue weighted by Gasteiger charge is 2.44. The lowest BCUT2D eigenvalue weighted by Crippen LogP contribution is -2.33. The first-order valence-electron chi connectivity index (χ1n) is 8.98. The minimum atomic E-state index is -0.662. The number of Topliss-reactive ketones (excluding diaryl/α,β-unsaturated/α-hetero) is 1. The molecule has 0 unspecified atom stereocenters. The highest BCUT2D eigenvalue weighted by Crippen LogP contribution is 2.48. The molecule has 5 nitrogen and oxygen atoms in total. The maximum Gasteiger partial charge on any atom is 0.205 e. The number of carbonyl (C=O) groups excluding carboxylic acids is 1. The third-order valence-corrected chi connectivity index (χ3v) is 5.33. The lowest BCUT2D eigenvalue weighted by Gasteiger charge is -2.36. The quantitative estimate of drug-likeness (QED) is 0.769. The van der Waals surface area contributed by atoms with Gasteiger partial charge in [-0.25, -0.2) is 0 Å². The van der Waals surface area contributed by atoms with Crippen LogP contribution in [0.15, 0.2) is 63.6 Å². The van der Waals surface area contributed by atoms with E-state index in [1.54, 1.807) is 24.3 Å². The first-order valence-corrected chi connectivity index (χ1v) is 9.36. The highest BCUT2D eigenvalue weighted by atomic mass is 35.5. The number of benzene rings is 1. The van der Waals surface area contributed by atoms with Gasteiger partial charge in [-0.15, -0.1) is 0 Å². The minimum absolute atomic E-state index is 0.0254. The third kappa shape index (κ3) is 3.10. The molecule has 1 aromatic carbocycles. The molecule has 0 spiro atoms. The molecule has 2 aliphatic rings. The van der Waals surface area contributed by atoms with E-state index in [2.05, 4.69) is 6.07 Å². The highest BCUT2D eigenvalue weighted by molar-refractivity contribution is 6.30. The van der Waals surface area contributed by atoms with Crippen LogP contribution in [0.3, 0.4) is 0 Å². The Morgan fingerprint density at radius 3 is 2.75 bits per heavy atom. The van der Waals surface area contributed by atoms with Crippen LogP contribution in [0.2, 0.25) is 5.02 Å². The molecule has 0 saturated carbocycles. The summed E-state index contributed by atoms with van der Waals surface area (Å²) in [6, 6.07) is 13.0. The Kier molecular flexibility index (Phi) is 4.32. The average molecular weight is 395 g/mol. The second kappa shape index (κ2) is 6.57. The van der Waals surface area contributed by atoms with Crippen molar-refractivity contribution in [1.29, 1.82) is 5.26 Å². The average Bonchev–Trinajstić information content (AvgIpc) is 3.09. The number of halogens is 1. The van der Waals surface area contributed by atoms with Crippen LogP contribution < -0.4 is 5.73 Å². The molecule has 1 aromatic heterocycles. The lowest BCUT2D eigenvalue weighted by atomic mass is 9.71. The zero-order chi connectivity index (χ0) is 20.1. The fraction of sp³-hybridized carbons (Fsp3) is 0.273. The second-order valence-corrected chi connectivity index (χ2v) is 8.35. The van der Waals surface area contributed by atoms with Gasteiger partial charge < -0.3 is 14.9 Å². The summed E-state index contributed by atoms with van der Waals surface area (Å²) in [7, 11) is 0.